The topological polar surface area (TPSA) is 99.3 Å². The van der Waals surface area contributed by atoms with E-state index in [-0.39, 0.29) is 5.78 Å². The first kappa shape index (κ1) is 14.3. The molecule has 0 bridgehead atoms. The third-order valence-corrected chi connectivity index (χ3v) is 4.21. The summed E-state index contributed by atoms with van der Waals surface area (Å²) in [5, 5.41) is 21.0. The molecule has 2 atom stereocenters. The van der Waals surface area contributed by atoms with E-state index in [1.165, 1.54) is 0 Å². The maximum absolute atomic E-state index is 11.9. The number of aromatic nitrogens is 1. The number of hydrogen-bond acceptors (Lipinski definition) is 4. The average Bonchev–Trinajstić information content (AvgIpc) is 2.86. The van der Waals surface area contributed by atoms with Gasteiger partial charge in [0, 0.05) is 17.3 Å². The lowest BCUT2D eigenvalue weighted by molar-refractivity contribution is 0.0151. The van der Waals surface area contributed by atoms with E-state index in [0.29, 0.717) is 30.6 Å². The van der Waals surface area contributed by atoms with Gasteiger partial charge in [-0.15, -0.1) is 0 Å². The van der Waals surface area contributed by atoms with Crippen LogP contribution in [0.1, 0.15) is 47.0 Å². The first-order chi connectivity index (χ1) is 10.1. The molecule has 21 heavy (non-hydrogen) atoms. The van der Waals surface area contributed by atoms with Crippen LogP contribution in [-0.4, -0.2) is 33.6 Å². The van der Waals surface area contributed by atoms with Crippen LogP contribution in [-0.2, 0) is 6.42 Å². The fraction of sp³-hybridized carbons (Fsp3) is 0.438. The lowest BCUT2D eigenvalue weighted by atomic mass is 9.93. The van der Waals surface area contributed by atoms with Gasteiger partial charge in [-0.2, -0.15) is 0 Å². The van der Waals surface area contributed by atoms with Crippen LogP contribution in [0.2, 0.25) is 0 Å². The van der Waals surface area contributed by atoms with E-state index in [1.807, 2.05) is 12.1 Å². The number of aliphatic hydroxyl groups is 2. The number of fused-ring (bicyclic) bond motifs is 3. The predicted molar refractivity (Wildman–Crippen MR) is 80.2 cm³/mol. The van der Waals surface area contributed by atoms with Gasteiger partial charge in [-0.3, -0.25) is 4.79 Å². The molecule has 2 aromatic rings. The van der Waals surface area contributed by atoms with E-state index >= 15 is 0 Å². The molecule has 112 valence electrons. The third-order valence-electron chi connectivity index (χ3n) is 4.21. The third kappa shape index (κ3) is 2.48. The second kappa shape index (κ2) is 5.60. The van der Waals surface area contributed by atoms with Crippen molar-refractivity contribution in [3.05, 3.63) is 35.0 Å². The Morgan fingerprint density at radius 2 is 2.10 bits per heavy atom. The molecule has 0 aliphatic heterocycles. The fourth-order valence-corrected chi connectivity index (χ4v) is 3.05. The van der Waals surface area contributed by atoms with Crippen molar-refractivity contribution in [1.29, 1.82) is 0 Å². The Balaban J connectivity index is 2.02. The average molecular weight is 288 g/mol. The normalized spacial score (nSPS) is 17.8. The van der Waals surface area contributed by atoms with Crippen LogP contribution in [0.3, 0.4) is 0 Å². The molecule has 0 spiro atoms. The lowest BCUT2D eigenvalue weighted by Gasteiger charge is -2.17. The molecule has 0 fully saturated rings. The number of carbonyl (C=O) groups excluding carboxylic acids is 1. The fourth-order valence-electron chi connectivity index (χ4n) is 3.05. The van der Waals surface area contributed by atoms with E-state index in [2.05, 4.69) is 4.98 Å². The highest BCUT2D eigenvalue weighted by atomic mass is 16.3. The standard InChI is InChI=1S/C16H20N2O3/c17-7-6-14(20)16(21)9-4-5-12-11(8-9)10-2-1-3-13(19)15(10)18-12/h4-5,8,14,16,18,20-21H,1-3,6-7,17H2. The van der Waals surface area contributed by atoms with E-state index < -0.39 is 12.2 Å². The van der Waals surface area contributed by atoms with Gasteiger partial charge in [0.05, 0.1) is 11.8 Å². The Labute approximate surface area is 122 Å². The molecule has 0 radical (unpaired) electrons. The molecule has 1 heterocycles. The molecular formula is C16H20N2O3. The van der Waals surface area contributed by atoms with Gasteiger partial charge in [0.15, 0.2) is 5.78 Å². The molecule has 2 unspecified atom stereocenters. The van der Waals surface area contributed by atoms with Crippen molar-refractivity contribution in [2.24, 2.45) is 5.73 Å². The zero-order valence-electron chi connectivity index (χ0n) is 11.8. The molecule has 5 N–H and O–H groups in total. The number of Topliss-reactive ketones (excluding diaryl/α,β-unsaturated/α-hetero) is 1. The largest absolute Gasteiger partial charge is 0.390 e. The minimum atomic E-state index is -0.956. The van der Waals surface area contributed by atoms with Crippen LogP contribution in [0.15, 0.2) is 18.2 Å². The summed E-state index contributed by atoms with van der Waals surface area (Å²) in [7, 11) is 0. The summed E-state index contributed by atoms with van der Waals surface area (Å²) in [6.07, 6.45) is 0.840. The zero-order valence-corrected chi connectivity index (χ0v) is 11.8. The highest BCUT2D eigenvalue weighted by Crippen LogP contribution is 2.31. The summed E-state index contributed by atoms with van der Waals surface area (Å²) >= 11 is 0. The quantitative estimate of drug-likeness (QED) is 0.684. The van der Waals surface area contributed by atoms with E-state index in [9.17, 15) is 15.0 Å². The Bertz CT molecular complexity index is 677. The summed E-state index contributed by atoms with van der Waals surface area (Å²) in [5.74, 6) is 0.151. The molecule has 1 aliphatic carbocycles. The zero-order chi connectivity index (χ0) is 15.0. The van der Waals surface area contributed by atoms with Gasteiger partial charge in [0.2, 0.25) is 0 Å². The Morgan fingerprint density at radius 1 is 1.29 bits per heavy atom. The maximum Gasteiger partial charge on any atom is 0.179 e. The first-order valence-corrected chi connectivity index (χ1v) is 7.35. The maximum atomic E-state index is 11.9. The van der Waals surface area contributed by atoms with Crippen molar-refractivity contribution in [3.8, 4) is 0 Å². The van der Waals surface area contributed by atoms with Crippen molar-refractivity contribution >= 4 is 16.7 Å². The van der Waals surface area contributed by atoms with Gasteiger partial charge in [0.1, 0.15) is 6.10 Å². The summed E-state index contributed by atoms with van der Waals surface area (Å²) < 4.78 is 0. The molecule has 3 rings (SSSR count). The molecule has 5 nitrogen and oxygen atoms in total. The monoisotopic (exact) mass is 288 g/mol. The van der Waals surface area contributed by atoms with Gasteiger partial charge in [-0.25, -0.2) is 0 Å². The van der Waals surface area contributed by atoms with Crippen molar-refractivity contribution < 1.29 is 15.0 Å². The van der Waals surface area contributed by atoms with E-state index in [1.54, 1.807) is 6.07 Å². The molecule has 0 saturated heterocycles. The molecule has 1 aliphatic rings. The molecule has 0 saturated carbocycles. The number of aromatic amines is 1. The number of H-pyrrole nitrogens is 1. The molecule has 1 aromatic carbocycles. The summed E-state index contributed by atoms with van der Waals surface area (Å²) in [4.78, 5) is 15.1. The van der Waals surface area contributed by atoms with Crippen molar-refractivity contribution in [2.75, 3.05) is 6.54 Å². The number of rotatable bonds is 4. The Morgan fingerprint density at radius 3 is 2.86 bits per heavy atom. The lowest BCUT2D eigenvalue weighted by Crippen LogP contribution is -2.21. The number of aliphatic hydroxyl groups excluding tert-OH is 2. The van der Waals surface area contributed by atoms with Gasteiger partial charge in [-0.05, 0) is 49.1 Å². The van der Waals surface area contributed by atoms with Crippen LogP contribution in [0, 0.1) is 0 Å². The van der Waals surface area contributed by atoms with Crippen LogP contribution in [0.5, 0.6) is 0 Å². The number of aryl methyl sites for hydroxylation is 1. The molecule has 0 amide bonds. The Kier molecular flexibility index (Phi) is 3.80. The predicted octanol–water partition coefficient (Wildman–Crippen LogP) is 1.43. The molecule has 5 heteroatoms. The van der Waals surface area contributed by atoms with Gasteiger partial charge in [0.25, 0.3) is 0 Å². The highest BCUT2D eigenvalue weighted by Gasteiger charge is 2.23. The van der Waals surface area contributed by atoms with Crippen molar-refractivity contribution in [2.45, 2.75) is 37.9 Å². The number of ketones is 1. The SMILES string of the molecule is NCCC(O)C(O)c1ccc2[nH]c3c(c2c1)CCCC3=O. The van der Waals surface area contributed by atoms with Crippen LogP contribution >= 0.6 is 0 Å². The van der Waals surface area contributed by atoms with E-state index in [4.69, 9.17) is 5.73 Å². The van der Waals surface area contributed by atoms with Crippen LogP contribution in [0.25, 0.3) is 10.9 Å². The summed E-state index contributed by atoms with van der Waals surface area (Å²) in [6.45, 7) is 0.328. The summed E-state index contributed by atoms with van der Waals surface area (Å²) in [5.41, 5.74) is 8.70. The highest BCUT2D eigenvalue weighted by molar-refractivity contribution is 6.03. The van der Waals surface area contributed by atoms with Crippen molar-refractivity contribution in [3.63, 3.8) is 0 Å². The number of nitrogens with one attached hydrogen (secondary N) is 1. The van der Waals surface area contributed by atoms with E-state index in [0.717, 1.165) is 29.3 Å². The second-order valence-electron chi connectivity index (χ2n) is 5.65. The van der Waals surface area contributed by atoms with Crippen LogP contribution in [0.4, 0.5) is 0 Å². The first-order valence-electron chi connectivity index (χ1n) is 7.35. The Hall–Kier alpha value is -1.69. The number of nitrogens with two attached hydrogens (primary N) is 1. The van der Waals surface area contributed by atoms with Gasteiger partial charge < -0.3 is 20.9 Å². The number of benzene rings is 1. The van der Waals surface area contributed by atoms with Crippen LogP contribution < -0.4 is 5.73 Å². The van der Waals surface area contributed by atoms with Gasteiger partial charge >= 0.3 is 0 Å². The minimum Gasteiger partial charge on any atom is -0.390 e. The smallest absolute Gasteiger partial charge is 0.179 e. The number of hydrogen-bond donors (Lipinski definition) is 4. The number of carbonyl (C=O) groups is 1. The molecular weight excluding hydrogens is 268 g/mol. The minimum absolute atomic E-state index is 0.151. The van der Waals surface area contributed by atoms with Crippen molar-refractivity contribution in [1.82, 2.24) is 4.98 Å². The molecule has 1 aromatic heterocycles. The second-order valence-corrected chi connectivity index (χ2v) is 5.65. The van der Waals surface area contributed by atoms with Gasteiger partial charge in [-0.1, -0.05) is 6.07 Å². The summed E-state index contributed by atoms with van der Waals surface area (Å²) in [6, 6.07) is 5.50.